The van der Waals surface area contributed by atoms with Crippen LogP contribution in [0.2, 0.25) is 0 Å². The molecular formula is C8H12N2O. The summed E-state index contributed by atoms with van der Waals surface area (Å²) in [5.74, 6) is 0. The van der Waals surface area contributed by atoms with E-state index in [2.05, 4.69) is 5.10 Å². The molecule has 0 saturated heterocycles. The Bertz CT molecular complexity index is 253. The third-order valence-electron chi connectivity index (χ3n) is 1.68. The van der Waals surface area contributed by atoms with Crippen LogP contribution in [-0.4, -0.2) is 16.1 Å². The molecule has 0 aliphatic carbocycles. The smallest absolute Gasteiger partial charge is 0.124 e. The van der Waals surface area contributed by atoms with Crippen LogP contribution >= 0.6 is 0 Å². The highest BCUT2D eigenvalue weighted by molar-refractivity contribution is 5.55. The third-order valence-corrected chi connectivity index (χ3v) is 1.68. The minimum Gasteiger partial charge on any atom is -0.303 e. The van der Waals surface area contributed by atoms with Crippen LogP contribution in [0.3, 0.4) is 0 Å². The molecule has 60 valence electrons. The fraction of sp³-hybridized carbons (Fsp3) is 0.500. The van der Waals surface area contributed by atoms with E-state index in [0.29, 0.717) is 6.42 Å². The quantitative estimate of drug-likeness (QED) is 0.604. The van der Waals surface area contributed by atoms with Gasteiger partial charge >= 0.3 is 0 Å². The Morgan fingerprint density at radius 3 is 2.91 bits per heavy atom. The Labute approximate surface area is 66.0 Å². The lowest BCUT2D eigenvalue weighted by Gasteiger charge is -1.89. The lowest BCUT2D eigenvalue weighted by atomic mass is 10.2. The first kappa shape index (κ1) is 7.98. The van der Waals surface area contributed by atoms with Gasteiger partial charge in [-0.15, -0.1) is 0 Å². The SMILES string of the molecule is CCn1cc(CC=O)c(C)n1. The van der Waals surface area contributed by atoms with E-state index >= 15 is 0 Å². The standard InChI is InChI=1S/C8H12N2O/c1-3-10-6-8(4-5-11)7(2)9-10/h5-6H,3-4H2,1-2H3. The highest BCUT2D eigenvalue weighted by Crippen LogP contribution is 2.04. The number of carbonyl (C=O) groups excluding carboxylic acids is 1. The summed E-state index contributed by atoms with van der Waals surface area (Å²) in [7, 11) is 0. The second-order valence-electron chi connectivity index (χ2n) is 2.47. The van der Waals surface area contributed by atoms with Gasteiger partial charge in [0.25, 0.3) is 0 Å². The lowest BCUT2D eigenvalue weighted by Crippen LogP contribution is -1.93. The summed E-state index contributed by atoms with van der Waals surface area (Å²) in [4.78, 5) is 10.2. The van der Waals surface area contributed by atoms with E-state index in [1.807, 2.05) is 24.7 Å². The zero-order valence-electron chi connectivity index (χ0n) is 6.87. The Morgan fingerprint density at radius 2 is 2.45 bits per heavy atom. The minimum absolute atomic E-state index is 0.478. The van der Waals surface area contributed by atoms with E-state index in [4.69, 9.17) is 0 Å². The van der Waals surface area contributed by atoms with Crippen LogP contribution < -0.4 is 0 Å². The third kappa shape index (κ3) is 1.67. The Balaban J connectivity index is 2.87. The van der Waals surface area contributed by atoms with Crippen LogP contribution in [-0.2, 0) is 17.8 Å². The number of aldehydes is 1. The lowest BCUT2D eigenvalue weighted by molar-refractivity contribution is -0.107. The van der Waals surface area contributed by atoms with Gasteiger partial charge in [-0.2, -0.15) is 5.10 Å². The summed E-state index contributed by atoms with van der Waals surface area (Å²) in [6.45, 7) is 4.81. The molecule has 0 aromatic carbocycles. The van der Waals surface area contributed by atoms with E-state index in [-0.39, 0.29) is 0 Å². The van der Waals surface area contributed by atoms with Gasteiger partial charge in [-0.1, -0.05) is 0 Å². The van der Waals surface area contributed by atoms with Gasteiger partial charge in [0.2, 0.25) is 0 Å². The molecular weight excluding hydrogens is 140 g/mol. The average Bonchev–Trinajstić information content (AvgIpc) is 2.33. The van der Waals surface area contributed by atoms with Crippen molar-refractivity contribution in [2.75, 3.05) is 0 Å². The number of aromatic nitrogens is 2. The largest absolute Gasteiger partial charge is 0.303 e. The van der Waals surface area contributed by atoms with Crippen molar-refractivity contribution < 1.29 is 4.79 Å². The van der Waals surface area contributed by atoms with Crippen molar-refractivity contribution >= 4 is 6.29 Å². The first-order valence-corrected chi connectivity index (χ1v) is 3.74. The Kier molecular flexibility index (Phi) is 2.41. The van der Waals surface area contributed by atoms with Crippen molar-refractivity contribution in [3.8, 4) is 0 Å². The molecule has 3 nitrogen and oxygen atoms in total. The number of rotatable bonds is 3. The monoisotopic (exact) mass is 152 g/mol. The molecule has 0 saturated carbocycles. The molecule has 0 aliphatic rings. The van der Waals surface area contributed by atoms with Crippen LogP contribution in [0.15, 0.2) is 6.20 Å². The van der Waals surface area contributed by atoms with E-state index < -0.39 is 0 Å². The minimum atomic E-state index is 0.478. The summed E-state index contributed by atoms with van der Waals surface area (Å²) in [5, 5.41) is 4.21. The molecule has 0 aliphatic heterocycles. The van der Waals surface area contributed by atoms with Crippen molar-refractivity contribution in [2.24, 2.45) is 0 Å². The molecule has 0 radical (unpaired) electrons. The second kappa shape index (κ2) is 3.32. The van der Waals surface area contributed by atoms with Gasteiger partial charge in [0.05, 0.1) is 5.69 Å². The number of hydrogen-bond donors (Lipinski definition) is 0. The maximum Gasteiger partial charge on any atom is 0.124 e. The van der Waals surface area contributed by atoms with E-state index in [9.17, 15) is 4.79 Å². The number of hydrogen-bond acceptors (Lipinski definition) is 2. The van der Waals surface area contributed by atoms with Crippen LogP contribution in [0.1, 0.15) is 18.2 Å². The summed E-state index contributed by atoms with van der Waals surface area (Å²) in [5.41, 5.74) is 1.99. The van der Waals surface area contributed by atoms with E-state index in [1.54, 1.807) is 0 Å². The number of nitrogens with zero attached hydrogens (tertiary/aromatic N) is 2. The zero-order valence-corrected chi connectivity index (χ0v) is 6.87. The summed E-state index contributed by atoms with van der Waals surface area (Å²) < 4.78 is 1.84. The Morgan fingerprint density at radius 1 is 1.73 bits per heavy atom. The van der Waals surface area contributed by atoms with Crippen LogP contribution in [0.4, 0.5) is 0 Å². The van der Waals surface area contributed by atoms with Gasteiger partial charge < -0.3 is 4.79 Å². The van der Waals surface area contributed by atoms with Crippen molar-refractivity contribution in [1.82, 2.24) is 9.78 Å². The molecule has 0 bridgehead atoms. The summed E-state index contributed by atoms with van der Waals surface area (Å²) >= 11 is 0. The maximum absolute atomic E-state index is 10.2. The topological polar surface area (TPSA) is 34.9 Å². The van der Waals surface area contributed by atoms with Crippen LogP contribution in [0, 0.1) is 6.92 Å². The van der Waals surface area contributed by atoms with E-state index in [1.165, 1.54) is 0 Å². The molecule has 1 rings (SSSR count). The fourth-order valence-corrected chi connectivity index (χ4v) is 1.01. The van der Waals surface area contributed by atoms with Gasteiger partial charge in [-0.25, -0.2) is 0 Å². The van der Waals surface area contributed by atoms with Gasteiger partial charge in [0, 0.05) is 24.7 Å². The highest BCUT2D eigenvalue weighted by Gasteiger charge is 2.01. The van der Waals surface area contributed by atoms with Crippen molar-refractivity contribution in [1.29, 1.82) is 0 Å². The van der Waals surface area contributed by atoms with Gasteiger partial charge in [0.1, 0.15) is 6.29 Å². The summed E-state index contributed by atoms with van der Waals surface area (Å²) in [6.07, 6.45) is 3.31. The molecule has 0 N–H and O–H groups in total. The highest BCUT2D eigenvalue weighted by atomic mass is 16.1. The molecule has 0 amide bonds. The molecule has 0 spiro atoms. The van der Waals surface area contributed by atoms with Crippen LogP contribution in [0.25, 0.3) is 0 Å². The maximum atomic E-state index is 10.2. The first-order valence-electron chi connectivity index (χ1n) is 3.74. The predicted octanol–water partition coefficient (Wildman–Crippen LogP) is 0.953. The normalized spacial score (nSPS) is 10.0. The molecule has 1 heterocycles. The fourth-order valence-electron chi connectivity index (χ4n) is 1.01. The number of carbonyl (C=O) groups is 1. The molecule has 0 fully saturated rings. The number of aryl methyl sites for hydroxylation is 2. The second-order valence-corrected chi connectivity index (χ2v) is 2.47. The predicted molar refractivity (Wildman–Crippen MR) is 42.4 cm³/mol. The van der Waals surface area contributed by atoms with Gasteiger partial charge in [-0.05, 0) is 13.8 Å². The van der Waals surface area contributed by atoms with Crippen molar-refractivity contribution in [2.45, 2.75) is 26.8 Å². The van der Waals surface area contributed by atoms with Crippen molar-refractivity contribution in [3.63, 3.8) is 0 Å². The molecule has 1 aromatic rings. The van der Waals surface area contributed by atoms with Crippen LogP contribution in [0.5, 0.6) is 0 Å². The van der Waals surface area contributed by atoms with Gasteiger partial charge in [0.15, 0.2) is 0 Å². The first-order chi connectivity index (χ1) is 5.27. The summed E-state index contributed by atoms with van der Waals surface area (Å²) in [6, 6.07) is 0. The van der Waals surface area contributed by atoms with Crippen molar-refractivity contribution in [3.05, 3.63) is 17.5 Å². The molecule has 0 unspecified atom stereocenters. The van der Waals surface area contributed by atoms with Gasteiger partial charge in [-0.3, -0.25) is 4.68 Å². The average molecular weight is 152 g/mol. The van der Waals surface area contributed by atoms with E-state index in [0.717, 1.165) is 24.1 Å². The zero-order chi connectivity index (χ0) is 8.27. The molecule has 1 aromatic heterocycles. The molecule has 0 atom stereocenters. The Hall–Kier alpha value is -1.12. The molecule has 3 heteroatoms. The molecule has 11 heavy (non-hydrogen) atoms.